The molecular weight excluding hydrogens is 266 g/mol. The Morgan fingerprint density at radius 3 is 2.68 bits per heavy atom. The van der Waals surface area contributed by atoms with Gasteiger partial charge in [-0.25, -0.2) is 14.5 Å². The van der Waals surface area contributed by atoms with Gasteiger partial charge in [-0.2, -0.15) is 0 Å². The second kappa shape index (κ2) is 5.35. The number of hydrogen-bond donors (Lipinski definition) is 1. The summed E-state index contributed by atoms with van der Waals surface area (Å²) in [4.78, 5) is 15.5. The van der Waals surface area contributed by atoms with Gasteiger partial charge in [0.05, 0.1) is 5.56 Å². The van der Waals surface area contributed by atoms with E-state index in [4.69, 9.17) is 5.11 Å². The predicted octanol–water partition coefficient (Wildman–Crippen LogP) is 1.58. The van der Waals surface area contributed by atoms with Crippen molar-refractivity contribution in [3.8, 4) is 0 Å². The van der Waals surface area contributed by atoms with Crippen molar-refractivity contribution in [1.29, 1.82) is 0 Å². The van der Waals surface area contributed by atoms with Crippen molar-refractivity contribution in [3.05, 3.63) is 23.4 Å². The van der Waals surface area contributed by atoms with E-state index in [9.17, 15) is 4.79 Å². The molecule has 0 saturated heterocycles. The van der Waals surface area contributed by atoms with Gasteiger partial charge in [-0.1, -0.05) is 13.8 Å². The van der Waals surface area contributed by atoms with E-state index in [1.54, 1.807) is 13.1 Å². The molecule has 100 valence electrons. The normalized spacial score (nSPS) is 10.9. The second-order valence-electron chi connectivity index (χ2n) is 4.27. The topological polar surface area (TPSA) is 93.8 Å². The van der Waals surface area contributed by atoms with Crippen molar-refractivity contribution in [1.82, 2.24) is 25.2 Å². The largest absolute Gasteiger partial charge is 0.478 e. The van der Waals surface area contributed by atoms with E-state index in [-0.39, 0.29) is 11.5 Å². The molecule has 2 aromatic heterocycles. The predicted molar refractivity (Wildman–Crippen MR) is 68.2 cm³/mol. The van der Waals surface area contributed by atoms with E-state index in [1.807, 2.05) is 13.8 Å². The van der Waals surface area contributed by atoms with Crippen molar-refractivity contribution in [2.75, 3.05) is 0 Å². The molecule has 2 aromatic rings. The third kappa shape index (κ3) is 3.08. The Morgan fingerprint density at radius 2 is 2.16 bits per heavy atom. The quantitative estimate of drug-likeness (QED) is 0.907. The Bertz CT molecular complexity index is 611. The molecule has 19 heavy (non-hydrogen) atoms. The van der Waals surface area contributed by atoms with Gasteiger partial charge in [0.2, 0.25) is 5.16 Å². The van der Waals surface area contributed by atoms with Crippen LogP contribution in [0.1, 0.15) is 35.8 Å². The molecule has 0 atom stereocenters. The van der Waals surface area contributed by atoms with Crippen LogP contribution in [0.2, 0.25) is 0 Å². The van der Waals surface area contributed by atoms with Crippen molar-refractivity contribution < 1.29 is 9.90 Å². The average Bonchev–Trinajstić information content (AvgIpc) is 2.74. The highest BCUT2D eigenvalue weighted by Crippen LogP contribution is 2.26. The summed E-state index contributed by atoms with van der Waals surface area (Å²) < 4.78 is 1.51. The Balaban J connectivity index is 2.39. The molecule has 0 spiro atoms. The van der Waals surface area contributed by atoms with Crippen LogP contribution in [0, 0.1) is 0 Å². The monoisotopic (exact) mass is 279 g/mol. The molecule has 1 N–H and O–H groups in total. The summed E-state index contributed by atoms with van der Waals surface area (Å²) in [6, 6.07) is 3.11. The molecule has 0 fully saturated rings. The molecule has 0 unspecified atom stereocenters. The zero-order chi connectivity index (χ0) is 14.0. The highest BCUT2D eigenvalue weighted by atomic mass is 32.2. The highest BCUT2D eigenvalue weighted by molar-refractivity contribution is 7.99. The molecule has 0 saturated carbocycles. The zero-order valence-electron chi connectivity index (χ0n) is 10.7. The summed E-state index contributed by atoms with van der Waals surface area (Å²) in [5.74, 6) is -0.821. The minimum absolute atomic E-state index is 0.149. The third-order valence-corrected chi connectivity index (χ3v) is 3.38. The fourth-order valence-corrected chi connectivity index (χ4v) is 2.17. The number of carbonyl (C=O) groups is 1. The van der Waals surface area contributed by atoms with Crippen molar-refractivity contribution >= 4 is 17.7 Å². The molecule has 0 radical (unpaired) electrons. The van der Waals surface area contributed by atoms with E-state index >= 15 is 0 Å². The number of rotatable bonds is 4. The van der Waals surface area contributed by atoms with Gasteiger partial charge in [-0.15, -0.1) is 5.10 Å². The lowest BCUT2D eigenvalue weighted by Gasteiger charge is -2.08. The van der Waals surface area contributed by atoms with Crippen LogP contribution in [0.3, 0.4) is 0 Å². The van der Waals surface area contributed by atoms with Gasteiger partial charge in [0.15, 0.2) is 0 Å². The van der Waals surface area contributed by atoms with Crippen LogP contribution in [0.25, 0.3) is 0 Å². The van der Waals surface area contributed by atoms with E-state index in [0.717, 1.165) is 5.69 Å². The highest BCUT2D eigenvalue weighted by Gasteiger charge is 2.13. The third-order valence-electron chi connectivity index (χ3n) is 2.44. The maximum Gasteiger partial charge on any atom is 0.335 e. The molecule has 7 nitrogen and oxygen atoms in total. The molecule has 2 heterocycles. The van der Waals surface area contributed by atoms with Crippen LogP contribution >= 0.6 is 11.8 Å². The summed E-state index contributed by atoms with van der Waals surface area (Å²) >= 11 is 1.24. The SMILES string of the molecule is CC(C)c1cc(C(=O)O)cc(Sc2nnnn2C)n1. The first kappa shape index (κ1) is 13.5. The summed E-state index contributed by atoms with van der Waals surface area (Å²) in [6.45, 7) is 3.93. The number of carboxylic acid groups (broad SMARTS) is 1. The summed E-state index contributed by atoms with van der Waals surface area (Å²) in [7, 11) is 1.72. The van der Waals surface area contributed by atoms with E-state index < -0.39 is 5.97 Å². The molecule has 0 bridgehead atoms. The fourth-order valence-electron chi connectivity index (χ4n) is 1.40. The number of aryl methyl sites for hydroxylation is 1. The lowest BCUT2D eigenvalue weighted by atomic mass is 10.1. The van der Waals surface area contributed by atoms with Crippen molar-refractivity contribution in [3.63, 3.8) is 0 Å². The van der Waals surface area contributed by atoms with Gasteiger partial charge in [0.1, 0.15) is 5.03 Å². The average molecular weight is 279 g/mol. The molecule has 8 heteroatoms. The smallest absolute Gasteiger partial charge is 0.335 e. The zero-order valence-corrected chi connectivity index (χ0v) is 11.5. The lowest BCUT2D eigenvalue weighted by Crippen LogP contribution is -2.03. The number of aromatic nitrogens is 5. The molecule has 0 aromatic carbocycles. The van der Waals surface area contributed by atoms with Gasteiger partial charge < -0.3 is 5.11 Å². The second-order valence-corrected chi connectivity index (χ2v) is 5.25. The number of carboxylic acids is 1. The van der Waals surface area contributed by atoms with Gasteiger partial charge in [0.25, 0.3) is 0 Å². The standard InChI is InChI=1S/C11H13N5O2S/c1-6(2)8-4-7(10(17)18)5-9(12-8)19-11-13-14-15-16(11)3/h4-6H,1-3H3,(H,17,18). The minimum Gasteiger partial charge on any atom is -0.478 e. The van der Waals surface area contributed by atoms with Crippen molar-refractivity contribution in [2.24, 2.45) is 7.05 Å². The van der Waals surface area contributed by atoms with Gasteiger partial charge in [-0.3, -0.25) is 0 Å². The Labute approximate surface area is 114 Å². The van der Waals surface area contributed by atoms with Crippen LogP contribution in [0.15, 0.2) is 22.3 Å². The van der Waals surface area contributed by atoms with Crippen molar-refractivity contribution in [2.45, 2.75) is 29.9 Å². The Kier molecular flexibility index (Phi) is 3.79. The summed E-state index contributed by atoms with van der Waals surface area (Å²) in [5, 5.41) is 21.3. The first-order chi connectivity index (χ1) is 8.97. The molecule has 0 aliphatic carbocycles. The van der Waals surface area contributed by atoms with Crippen LogP contribution in [-0.2, 0) is 7.05 Å². The number of aromatic carboxylic acids is 1. The number of hydrogen-bond acceptors (Lipinski definition) is 6. The van der Waals surface area contributed by atoms with Gasteiger partial charge in [-0.05, 0) is 40.2 Å². The molecule has 0 aliphatic rings. The van der Waals surface area contributed by atoms with Crippen LogP contribution < -0.4 is 0 Å². The number of pyridine rings is 1. The maximum absolute atomic E-state index is 11.1. The first-order valence-corrected chi connectivity index (χ1v) is 6.44. The first-order valence-electron chi connectivity index (χ1n) is 5.63. The Morgan fingerprint density at radius 1 is 1.42 bits per heavy atom. The summed E-state index contributed by atoms with van der Waals surface area (Å²) in [6.07, 6.45) is 0. The minimum atomic E-state index is -0.970. The number of tetrazole rings is 1. The lowest BCUT2D eigenvalue weighted by molar-refractivity contribution is 0.0696. The maximum atomic E-state index is 11.1. The van der Waals surface area contributed by atoms with Crippen LogP contribution in [-0.4, -0.2) is 36.3 Å². The van der Waals surface area contributed by atoms with Gasteiger partial charge >= 0.3 is 5.97 Å². The van der Waals surface area contributed by atoms with Crippen LogP contribution in [0.5, 0.6) is 0 Å². The fraction of sp³-hybridized carbons (Fsp3) is 0.364. The molecule has 0 amide bonds. The molecular formula is C11H13N5O2S. The molecule has 0 aliphatic heterocycles. The molecule has 2 rings (SSSR count). The van der Waals surface area contributed by atoms with Crippen LogP contribution in [0.4, 0.5) is 0 Å². The Hall–Kier alpha value is -1.96. The van der Waals surface area contributed by atoms with E-state index in [1.165, 1.54) is 22.5 Å². The number of nitrogens with zero attached hydrogens (tertiary/aromatic N) is 5. The summed E-state index contributed by atoms with van der Waals surface area (Å²) in [5.41, 5.74) is 0.953. The van der Waals surface area contributed by atoms with E-state index in [2.05, 4.69) is 20.5 Å². The van der Waals surface area contributed by atoms with Gasteiger partial charge in [0, 0.05) is 12.7 Å². The van der Waals surface area contributed by atoms with E-state index in [0.29, 0.717) is 10.2 Å².